The molecule has 1 aromatic rings. The molecule has 0 aliphatic carbocycles. The van der Waals surface area contributed by atoms with Gasteiger partial charge in [-0.2, -0.15) is 5.10 Å². The Hall–Kier alpha value is -0.430. The van der Waals surface area contributed by atoms with E-state index in [1.54, 1.807) is 0 Å². The van der Waals surface area contributed by atoms with Gasteiger partial charge in [-0.05, 0) is 42.7 Å². The summed E-state index contributed by atoms with van der Waals surface area (Å²) in [6.07, 6.45) is 0.941. The first-order valence-corrected chi connectivity index (χ1v) is 7.11. The minimum atomic E-state index is 0.0926. The Balaban J connectivity index is 2.26. The highest BCUT2D eigenvalue weighted by atomic mass is 79.9. The van der Waals surface area contributed by atoms with E-state index < -0.39 is 0 Å². The van der Waals surface area contributed by atoms with Crippen LogP contribution in [0, 0.1) is 6.92 Å². The third-order valence-electron chi connectivity index (χ3n) is 2.62. The number of hydrogen-bond donors (Lipinski definition) is 2. The zero-order valence-corrected chi connectivity index (χ0v) is 12.7. The number of ether oxygens (including phenoxy) is 1. The second-order valence-corrected chi connectivity index (χ2v) is 4.82. The molecule has 0 aliphatic rings. The van der Waals surface area contributed by atoms with Gasteiger partial charge in [0.15, 0.2) is 0 Å². The van der Waals surface area contributed by atoms with Gasteiger partial charge in [0.25, 0.3) is 0 Å². The molecule has 18 heavy (non-hydrogen) atoms. The zero-order valence-electron chi connectivity index (χ0n) is 11.1. The van der Waals surface area contributed by atoms with Crippen molar-refractivity contribution in [3.8, 4) is 0 Å². The summed E-state index contributed by atoms with van der Waals surface area (Å²) in [4.78, 5) is 0. The summed E-state index contributed by atoms with van der Waals surface area (Å²) in [5, 5.41) is 16.4. The molecule has 0 aromatic carbocycles. The number of nitrogens with zero attached hydrogens (tertiary/aromatic N) is 2. The fourth-order valence-electron chi connectivity index (χ4n) is 1.71. The molecule has 0 saturated carbocycles. The number of hydrogen-bond acceptors (Lipinski definition) is 4. The molecule has 0 unspecified atom stereocenters. The maximum Gasteiger partial charge on any atom is 0.0739 e. The Bertz CT molecular complexity index is 355. The average molecular weight is 320 g/mol. The molecule has 1 rings (SSSR count). The second kappa shape index (κ2) is 8.63. The van der Waals surface area contributed by atoms with Crippen LogP contribution in [0.15, 0.2) is 4.47 Å². The van der Waals surface area contributed by atoms with E-state index in [0.29, 0.717) is 13.2 Å². The smallest absolute Gasteiger partial charge is 0.0739 e. The number of rotatable bonds is 9. The van der Waals surface area contributed by atoms with Crippen molar-refractivity contribution in [3.05, 3.63) is 15.9 Å². The second-order valence-electron chi connectivity index (χ2n) is 4.03. The van der Waals surface area contributed by atoms with Gasteiger partial charge in [0.1, 0.15) is 0 Å². The van der Waals surface area contributed by atoms with Gasteiger partial charge in [-0.15, -0.1) is 0 Å². The number of halogens is 1. The monoisotopic (exact) mass is 319 g/mol. The minimum absolute atomic E-state index is 0.0926. The molecule has 0 fully saturated rings. The first-order valence-electron chi connectivity index (χ1n) is 6.31. The van der Waals surface area contributed by atoms with Crippen LogP contribution < -0.4 is 5.32 Å². The highest BCUT2D eigenvalue weighted by molar-refractivity contribution is 9.10. The third kappa shape index (κ3) is 4.68. The van der Waals surface area contributed by atoms with Crippen LogP contribution >= 0.6 is 15.9 Å². The molecule has 1 aromatic heterocycles. The molecule has 0 radical (unpaired) electrons. The number of aliphatic hydroxyl groups excluding tert-OH is 1. The number of aromatic nitrogens is 2. The van der Waals surface area contributed by atoms with Crippen LogP contribution in [0.4, 0.5) is 0 Å². The van der Waals surface area contributed by atoms with Gasteiger partial charge in [-0.25, -0.2) is 0 Å². The van der Waals surface area contributed by atoms with Crippen LogP contribution in [0.3, 0.4) is 0 Å². The van der Waals surface area contributed by atoms with Crippen LogP contribution in [-0.2, 0) is 17.8 Å². The van der Waals surface area contributed by atoms with Gasteiger partial charge >= 0.3 is 0 Å². The predicted molar refractivity (Wildman–Crippen MR) is 74.6 cm³/mol. The van der Waals surface area contributed by atoms with E-state index in [9.17, 15) is 0 Å². The Labute approximate surface area is 117 Å². The summed E-state index contributed by atoms with van der Waals surface area (Å²) in [5.41, 5.74) is 2.21. The van der Waals surface area contributed by atoms with Crippen LogP contribution in [0.1, 0.15) is 24.7 Å². The van der Waals surface area contributed by atoms with Crippen molar-refractivity contribution in [2.45, 2.75) is 33.4 Å². The van der Waals surface area contributed by atoms with E-state index in [0.717, 1.165) is 36.2 Å². The fourth-order valence-corrected chi connectivity index (χ4v) is 2.13. The topological polar surface area (TPSA) is 59.3 Å². The third-order valence-corrected chi connectivity index (χ3v) is 3.65. The van der Waals surface area contributed by atoms with Crippen molar-refractivity contribution in [1.29, 1.82) is 0 Å². The molecule has 5 nitrogen and oxygen atoms in total. The molecule has 0 spiro atoms. The van der Waals surface area contributed by atoms with Crippen LogP contribution in [0.2, 0.25) is 0 Å². The van der Waals surface area contributed by atoms with Crippen molar-refractivity contribution in [2.75, 3.05) is 26.4 Å². The standard InChI is InChI=1S/C12H22BrN3O2/c1-3-16-11(12(13)10(2)15-16)9-14-5-4-7-18-8-6-17/h14,17H,3-9H2,1-2H3. The van der Waals surface area contributed by atoms with Gasteiger partial charge in [0, 0.05) is 19.7 Å². The molecule has 0 amide bonds. The lowest BCUT2D eigenvalue weighted by molar-refractivity contribution is 0.0907. The van der Waals surface area contributed by atoms with Crippen molar-refractivity contribution in [3.63, 3.8) is 0 Å². The zero-order chi connectivity index (χ0) is 13.4. The number of aryl methyl sites for hydroxylation is 2. The summed E-state index contributed by atoms with van der Waals surface area (Å²) in [5.74, 6) is 0. The van der Waals surface area contributed by atoms with Crippen molar-refractivity contribution >= 4 is 15.9 Å². The molecule has 0 saturated heterocycles. The molecular weight excluding hydrogens is 298 g/mol. The Morgan fingerprint density at radius 3 is 2.89 bits per heavy atom. The van der Waals surface area contributed by atoms with Gasteiger partial charge in [-0.3, -0.25) is 4.68 Å². The maximum absolute atomic E-state index is 8.55. The Morgan fingerprint density at radius 1 is 1.44 bits per heavy atom. The molecule has 6 heteroatoms. The normalized spacial score (nSPS) is 11.1. The van der Waals surface area contributed by atoms with Gasteiger partial charge in [0.2, 0.25) is 0 Å². The molecule has 0 bridgehead atoms. The quantitative estimate of drug-likeness (QED) is 0.677. The Kier molecular flexibility index (Phi) is 7.50. The molecule has 2 N–H and O–H groups in total. The van der Waals surface area contributed by atoms with E-state index >= 15 is 0 Å². The average Bonchev–Trinajstić information content (AvgIpc) is 2.65. The largest absolute Gasteiger partial charge is 0.394 e. The maximum atomic E-state index is 8.55. The lowest BCUT2D eigenvalue weighted by Gasteiger charge is -2.07. The van der Waals surface area contributed by atoms with E-state index in [2.05, 4.69) is 33.3 Å². The lowest BCUT2D eigenvalue weighted by atomic mass is 10.3. The summed E-state index contributed by atoms with van der Waals surface area (Å²) in [7, 11) is 0. The first-order chi connectivity index (χ1) is 8.70. The van der Waals surface area contributed by atoms with Crippen molar-refractivity contribution in [1.82, 2.24) is 15.1 Å². The highest BCUT2D eigenvalue weighted by Crippen LogP contribution is 2.20. The van der Waals surface area contributed by atoms with Crippen LogP contribution in [0.25, 0.3) is 0 Å². The SMILES string of the molecule is CCn1nc(C)c(Br)c1CNCCCOCCO. The van der Waals surface area contributed by atoms with Gasteiger partial charge in [0.05, 0.1) is 29.1 Å². The number of nitrogens with one attached hydrogen (secondary N) is 1. The van der Waals surface area contributed by atoms with E-state index in [4.69, 9.17) is 9.84 Å². The van der Waals surface area contributed by atoms with Gasteiger partial charge in [-0.1, -0.05) is 0 Å². The Morgan fingerprint density at radius 2 is 2.22 bits per heavy atom. The van der Waals surface area contributed by atoms with Crippen LogP contribution in [-0.4, -0.2) is 41.3 Å². The molecule has 0 atom stereocenters. The summed E-state index contributed by atoms with van der Waals surface area (Å²) in [6.45, 7) is 7.86. The van der Waals surface area contributed by atoms with E-state index in [1.165, 1.54) is 5.69 Å². The van der Waals surface area contributed by atoms with Gasteiger partial charge < -0.3 is 15.2 Å². The highest BCUT2D eigenvalue weighted by Gasteiger charge is 2.10. The van der Waals surface area contributed by atoms with Crippen molar-refractivity contribution < 1.29 is 9.84 Å². The lowest BCUT2D eigenvalue weighted by Crippen LogP contribution is -2.19. The summed E-state index contributed by atoms with van der Waals surface area (Å²) >= 11 is 3.57. The summed E-state index contributed by atoms with van der Waals surface area (Å²) < 4.78 is 8.29. The van der Waals surface area contributed by atoms with E-state index in [1.807, 2.05) is 11.6 Å². The molecular formula is C12H22BrN3O2. The fraction of sp³-hybridized carbons (Fsp3) is 0.750. The molecule has 104 valence electrons. The molecule has 0 aliphatic heterocycles. The molecule has 1 heterocycles. The number of aliphatic hydroxyl groups is 1. The summed E-state index contributed by atoms with van der Waals surface area (Å²) in [6, 6.07) is 0. The first kappa shape index (κ1) is 15.6. The predicted octanol–water partition coefficient (Wildman–Crippen LogP) is 1.46. The van der Waals surface area contributed by atoms with Crippen molar-refractivity contribution in [2.24, 2.45) is 0 Å². The van der Waals surface area contributed by atoms with Crippen LogP contribution in [0.5, 0.6) is 0 Å². The van der Waals surface area contributed by atoms with E-state index in [-0.39, 0.29) is 6.61 Å². The minimum Gasteiger partial charge on any atom is -0.394 e.